The number of nitro groups is 1. The van der Waals surface area contributed by atoms with Crippen LogP contribution in [0, 0.1) is 10.1 Å². The third kappa shape index (κ3) is 6.08. The maximum atomic E-state index is 11.7. The van der Waals surface area contributed by atoms with E-state index in [0.29, 0.717) is 6.61 Å². The van der Waals surface area contributed by atoms with Crippen molar-refractivity contribution in [1.29, 1.82) is 0 Å². The molecule has 0 radical (unpaired) electrons. The summed E-state index contributed by atoms with van der Waals surface area (Å²) in [4.78, 5) is 10.1. The quantitative estimate of drug-likeness (QED) is 0.234. The van der Waals surface area contributed by atoms with Crippen LogP contribution in [0.2, 0.25) is 0 Å². The largest absolute Gasteiger partial charge is 0.496 e. The molecular weight excluding hydrogens is 450 g/mol. The summed E-state index contributed by atoms with van der Waals surface area (Å²) in [5, 5.41) is 11.1. The molecule has 1 heterocycles. The van der Waals surface area contributed by atoms with Crippen molar-refractivity contribution in [3.8, 4) is 5.75 Å². The average molecular weight is 480 g/mol. The molecule has 1 aliphatic rings. The monoisotopic (exact) mass is 479 g/mol. The van der Waals surface area contributed by atoms with Crippen molar-refractivity contribution in [2.24, 2.45) is 0 Å². The summed E-state index contributed by atoms with van der Waals surface area (Å²) in [5.41, 5.74) is 3.12. The minimum Gasteiger partial charge on any atom is -0.496 e. The molecule has 3 rings (SSSR count). The molecule has 0 aromatic heterocycles. The Labute approximate surface area is 193 Å². The van der Waals surface area contributed by atoms with E-state index in [2.05, 4.69) is 19.1 Å². The highest BCUT2D eigenvalue weighted by molar-refractivity contribution is 7.85. The standard InChI is InChI=1S/C23H29NO8S/c1-3-5-17-8-7-16-6-4-12-32-20(22(16)23(17)30-2)15-31-13-11-18-14-19(24(25)26)9-10-21(18)33(27,28)29/h7-10,14,20H,3-6,11-13,15H2,1-2H3,(H,27,28,29). The van der Waals surface area contributed by atoms with Gasteiger partial charge in [0, 0.05) is 24.3 Å². The predicted molar refractivity (Wildman–Crippen MR) is 121 cm³/mol. The minimum atomic E-state index is -4.52. The van der Waals surface area contributed by atoms with Crippen molar-refractivity contribution >= 4 is 15.8 Å². The molecule has 2 aromatic rings. The molecule has 33 heavy (non-hydrogen) atoms. The van der Waals surface area contributed by atoms with Crippen LogP contribution in [0.4, 0.5) is 5.69 Å². The van der Waals surface area contributed by atoms with Gasteiger partial charge in [0.15, 0.2) is 0 Å². The molecule has 2 aromatic carbocycles. The lowest BCUT2D eigenvalue weighted by Crippen LogP contribution is -2.16. The van der Waals surface area contributed by atoms with Gasteiger partial charge in [0.2, 0.25) is 0 Å². The Kier molecular flexibility index (Phi) is 8.41. The molecule has 0 aliphatic carbocycles. The molecule has 1 atom stereocenters. The normalized spacial score (nSPS) is 16.2. The van der Waals surface area contributed by atoms with Gasteiger partial charge in [-0.15, -0.1) is 0 Å². The van der Waals surface area contributed by atoms with Gasteiger partial charge in [-0.05, 0) is 48.4 Å². The van der Waals surface area contributed by atoms with Crippen LogP contribution in [0.3, 0.4) is 0 Å². The molecule has 0 saturated carbocycles. The van der Waals surface area contributed by atoms with Crippen molar-refractivity contribution in [2.75, 3.05) is 26.9 Å². The minimum absolute atomic E-state index is 0.0728. The van der Waals surface area contributed by atoms with Crippen LogP contribution < -0.4 is 4.74 Å². The van der Waals surface area contributed by atoms with E-state index in [-0.39, 0.29) is 41.9 Å². The first kappa shape index (κ1) is 25.1. The van der Waals surface area contributed by atoms with E-state index in [1.165, 1.54) is 0 Å². The lowest BCUT2D eigenvalue weighted by atomic mass is 9.94. The molecule has 1 unspecified atom stereocenters. The number of rotatable bonds is 10. The fourth-order valence-electron chi connectivity index (χ4n) is 4.17. The highest BCUT2D eigenvalue weighted by Gasteiger charge is 2.26. The molecule has 0 fully saturated rings. The molecule has 0 bridgehead atoms. The summed E-state index contributed by atoms with van der Waals surface area (Å²) in [5.74, 6) is 0.817. The van der Waals surface area contributed by atoms with E-state index in [0.717, 1.165) is 66.3 Å². The zero-order chi connectivity index (χ0) is 24.0. The number of non-ortho nitro benzene ring substituents is 1. The molecule has 1 aliphatic heterocycles. The van der Waals surface area contributed by atoms with Gasteiger partial charge >= 0.3 is 0 Å². The van der Waals surface area contributed by atoms with Crippen LogP contribution in [-0.2, 0) is 38.9 Å². The second-order valence-electron chi connectivity index (χ2n) is 7.89. The van der Waals surface area contributed by atoms with Crippen molar-refractivity contribution in [2.45, 2.75) is 50.0 Å². The summed E-state index contributed by atoms with van der Waals surface area (Å²) in [6.07, 6.45) is 3.35. The molecule has 0 saturated heterocycles. The summed E-state index contributed by atoms with van der Waals surface area (Å²) >= 11 is 0. The maximum Gasteiger partial charge on any atom is 0.294 e. The van der Waals surface area contributed by atoms with Gasteiger partial charge in [0.1, 0.15) is 11.9 Å². The molecule has 10 heteroatoms. The highest BCUT2D eigenvalue weighted by Crippen LogP contribution is 2.37. The fraction of sp³-hybridized carbons (Fsp3) is 0.478. The van der Waals surface area contributed by atoms with Gasteiger partial charge in [-0.3, -0.25) is 14.7 Å². The second kappa shape index (κ2) is 11.1. The Bertz CT molecular complexity index is 1100. The molecule has 0 amide bonds. The van der Waals surface area contributed by atoms with Crippen molar-refractivity contribution in [3.63, 3.8) is 0 Å². The van der Waals surface area contributed by atoms with Gasteiger partial charge in [-0.25, -0.2) is 0 Å². The number of fused-ring (bicyclic) bond motifs is 1. The number of hydrogen-bond donors (Lipinski definition) is 1. The van der Waals surface area contributed by atoms with E-state index in [9.17, 15) is 23.1 Å². The third-order valence-electron chi connectivity index (χ3n) is 5.64. The summed E-state index contributed by atoms with van der Waals surface area (Å²) in [6.45, 7) is 2.99. The van der Waals surface area contributed by atoms with E-state index in [4.69, 9.17) is 14.2 Å². The smallest absolute Gasteiger partial charge is 0.294 e. The van der Waals surface area contributed by atoms with Gasteiger partial charge in [0.05, 0.1) is 30.1 Å². The van der Waals surface area contributed by atoms with Crippen LogP contribution in [0.15, 0.2) is 35.2 Å². The Morgan fingerprint density at radius 3 is 2.67 bits per heavy atom. The topological polar surface area (TPSA) is 125 Å². The fourth-order valence-corrected chi connectivity index (χ4v) is 4.90. The van der Waals surface area contributed by atoms with E-state index in [1.807, 2.05) is 0 Å². The van der Waals surface area contributed by atoms with Crippen LogP contribution in [0.25, 0.3) is 0 Å². The number of ether oxygens (including phenoxy) is 3. The van der Waals surface area contributed by atoms with Crippen molar-refractivity contribution in [3.05, 3.63) is 62.7 Å². The van der Waals surface area contributed by atoms with E-state index >= 15 is 0 Å². The SMILES string of the molecule is CCCc1ccc2c(c1OC)C(COCCc1cc([N+](=O)[O-])ccc1S(=O)(=O)O)OCCC2. The number of nitro benzene ring substituents is 1. The van der Waals surface area contributed by atoms with E-state index in [1.54, 1.807) is 7.11 Å². The number of benzene rings is 2. The number of nitrogens with zero attached hydrogens (tertiary/aromatic N) is 1. The number of aryl methyl sites for hydroxylation is 2. The Balaban J connectivity index is 1.77. The third-order valence-corrected chi connectivity index (χ3v) is 6.59. The van der Waals surface area contributed by atoms with Gasteiger partial charge in [-0.1, -0.05) is 25.5 Å². The van der Waals surface area contributed by atoms with Crippen molar-refractivity contribution in [1.82, 2.24) is 0 Å². The molecule has 180 valence electrons. The first-order valence-electron chi connectivity index (χ1n) is 10.9. The first-order valence-corrected chi connectivity index (χ1v) is 12.3. The first-order chi connectivity index (χ1) is 15.8. The number of methoxy groups -OCH3 is 1. The second-order valence-corrected chi connectivity index (χ2v) is 9.28. The zero-order valence-electron chi connectivity index (χ0n) is 18.8. The maximum absolute atomic E-state index is 11.7. The summed E-state index contributed by atoms with van der Waals surface area (Å²) < 4.78 is 50.4. The average Bonchev–Trinajstić information content (AvgIpc) is 2.98. The molecule has 0 spiro atoms. The predicted octanol–water partition coefficient (Wildman–Crippen LogP) is 4.07. The van der Waals surface area contributed by atoms with Crippen LogP contribution in [0.1, 0.15) is 48.1 Å². The lowest BCUT2D eigenvalue weighted by Gasteiger charge is -2.23. The van der Waals surface area contributed by atoms with Gasteiger partial charge in [-0.2, -0.15) is 8.42 Å². The molecular formula is C23H29NO8S. The summed E-state index contributed by atoms with van der Waals surface area (Å²) in [7, 11) is -2.87. The molecule has 9 nitrogen and oxygen atoms in total. The zero-order valence-corrected chi connectivity index (χ0v) is 19.6. The van der Waals surface area contributed by atoms with Crippen LogP contribution in [0.5, 0.6) is 5.75 Å². The van der Waals surface area contributed by atoms with Crippen LogP contribution in [-0.4, -0.2) is 44.8 Å². The van der Waals surface area contributed by atoms with Gasteiger partial charge in [0.25, 0.3) is 15.8 Å². The van der Waals surface area contributed by atoms with Crippen LogP contribution >= 0.6 is 0 Å². The van der Waals surface area contributed by atoms with Crippen molar-refractivity contribution < 1.29 is 32.1 Å². The Morgan fingerprint density at radius 2 is 2.00 bits per heavy atom. The lowest BCUT2D eigenvalue weighted by molar-refractivity contribution is -0.385. The molecule has 1 N–H and O–H groups in total. The highest BCUT2D eigenvalue weighted by atomic mass is 32.2. The van der Waals surface area contributed by atoms with Gasteiger partial charge < -0.3 is 14.2 Å². The summed E-state index contributed by atoms with van der Waals surface area (Å²) in [6, 6.07) is 7.44. The number of hydrogen-bond acceptors (Lipinski definition) is 7. The Morgan fingerprint density at radius 1 is 1.21 bits per heavy atom. The van der Waals surface area contributed by atoms with E-state index < -0.39 is 15.0 Å². The Hall–Kier alpha value is -2.53.